The van der Waals surface area contributed by atoms with Crippen LogP contribution in [-0.4, -0.2) is 29.8 Å². The molecule has 74 heavy (non-hydrogen) atoms. The number of rotatable bonds is 1. The molecule has 0 aromatic heterocycles. The minimum absolute atomic E-state index is 0. The van der Waals surface area contributed by atoms with Gasteiger partial charge in [0.2, 0.25) is 0 Å². The Labute approximate surface area is 450 Å². The molecule has 0 spiro atoms. The first-order chi connectivity index (χ1) is 33.8. The average molecular weight is 1010 g/mol. The number of hydrogen-bond donors (Lipinski definition) is 2. The number of carbonyl (C=O) groups is 2. The molecule has 0 saturated heterocycles. The number of ether oxygens (including phenoxy) is 1. The number of phenols is 1. The number of benzene rings is 3. The van der Waals surface area contributed by atoms with Crippen LogP contribution in [0.2, 0.25) is 0 Å². The second kappa shape index (κ2) is 17.8. The number of hydrogen-bond acceptors (Lipinski definition) is 5. The van der Waals surface area contributed by atoms with E-state index in [1.807, 2.05) is 12.1 Å². The summed E-state index contributed by atoms with van der Waals surface area (Å²) in [6.45, 7) is 37.7. The fourth-order valence-electron chi connectivity index (χ4n) is 22.0. The van der Waals surface area contributed by atoms with E-state index in [2.05, 4.69) is 135 Å². The van der Waals surface area contributed by atoms with Crippen molar-refractivity contribution >= 4 is 11.6 Å². The Morgan fingerprint density at radius 1 is 0.486 bits per heavy atom. The lowest BCUT2D eigenvalue weighted by Crippen LogP contribution is -2.60. The predicted molar refractivity (Wildman–Crippen MR) is 306 cm³/mol. The summed E-state index contributed by atoms with van der Waals surface area (Å²) in [5.41, 5.74) is 22.9. The third-order valence-electron chi connectivity index (χ3n) is 25.3. The molecule has 0 radical (unpaired) electrons. The molecule has 3 aromatic carbocycles. The minimum Gasteiger partial charge on any atom is -0.508 e. The average Bonchev–Trinajstić information content (AvgIpc) is 3.91. The number of methoxy groups -OCH3 is 1. The van der Waals surface area contributed by atoms with Crippen molar-refractivity contribution in [2.75, 3.05) is 7.11 Å². The van der Waals surface area contributed by atoms with Gasteiger partial charge in [0.05, 0.1) is 7.11 Å². The quantitative estimate of drug-likeness (QED) is 0.254. The van der Waals surface area contributed by atoms with Crippen LogP contribution in [0, 0.1) is 95.7 Å². The zero-order valence-corrected chi connectivity index (χ0v) is 48.9. The fourth-order valence-corrected chi connectivity index (χ4v) is 22.0. The van der Waals surface area contributed by atoms with E-state index in [0.29, 0.717) is 75.1 Å². The zero-order valence-electron chi connectivity index (χ0n) is 48.9. The maximum absolute atomic E-state index is 12.6. The highest BCUT2D eigenvalue weighted by Gasteiger charge is 2.66. The van der Waals surface area contributed by atoms with Gasteiger partial charge in [0.1, 0.15) is 23.1 Å². The first-order valence-corrected chi connectivity index (χ1v) is 29.3. The molecule has 5 nitrogen and oxygen atoms in total. The lowest BCUT2D eigenvalue weighted by Gasteiger charge is -2.62. The molecule has 406 valence electrons. The molecule has 0 heterocycles. The van der Waals surface area contributed by atoms with Gasteiger partial charge in [0.15, 0.2) is 0 Å². The van der Waals surface area contributed by atoms with Gasteiger partial charge < -0.3 is 15.6 Å². The predicted octanol–water partition coefficient (Wildman–Crippen LogP) is 16.1. The van der Waals surface area contributed by atoms with Gasteiger partial charge in [-0.05, 0) is 259 Å². The third-order valence-corrected chi connectivity index (χ3v) is 25.3. The molecule has 9 aliphatic carbocycles. The van der Waals surface area contributed by atoms with Gasteiger partial charge in [-0.15, -0.1) is 0 Å². The number of carbonyl (C=O) groups excluding carboxylic acids is 2. The van der Waals surface area contributed by atoms with E-state index in [1.54, 1.807) is 23.8 Å². The summed E-state index contributed by atoms with van der Waals surface area (Å²) in [7, 11) is 1.76. The van der Waals surface area contributed by atoms with E-state index >= 15 is 0 Å². The number of Topliss-reactive ketones (excluding diaryl/α,β-unsaturated/α-hetero) is 2. The van der Waals surface area contributed by atoms with Crippen molar-refractivity contribution in [2.45, 2.75) is 237 Å². The van der Waals surface area contributed by atoms with E-state index in [9.17, 15) is 14.7 Å². The summed E-state index contributed by atoms with van der Waals surface area (Å²) in [4.78, 5) is 25.2. The van der Waals surface area contributed by atoms with Gasteiger partial charge in [-0.2, -0.15) is 0 Å². The Morgan fingerprint density at radius 3 is 1.34 bits per heavy atom. The molecule has 3 N–H and O–H groups in total. The normalized spacial score (nSPS) is 40.0. The van der Waals surface area contributed by atoms with Crippen molar-refractivity contribution < 1.29 is 19.4 Å². The van der Waals surface area contributed by atoms with Gasteiger partial charge in [0, 0.05) is 29.7 Å². The molecule has 9 aliphatic rings. The second-order valence-electron chi connectivity index (χ2n) is 30.0. The molecular formula is C69H101NO4. The molecule has 0 amide bonds. The smallest absolute Gasteiger partial charge is 0.138 e. The van der Waals surface area contributed by atoms with Crippen molar-refractivity contribution in [3.8, 4) is 11.5 Å². The van der Waals surface area contributed by atoms with Crippen molar-refractivity contribution in [3.05, 3.63) is 92.0 Å². The van der Waals surface area contributed by atoms with Crippen LogP contribution in [-0.2, 0) is 45.1 Å². The highest BCUT2D eigenvalue weighted by Crippen LogP contribution is 2.71. The first kappa shape index (κ1) is 55.3. The Bertz CT molecular complexity index is 2760. The monoisotopic (exact) mass is 1010 g/mol. The van der Waals surface area contributed by atoms with Crippen LogP contribution in [0.3, 0.4) is 0 Å². The first-order valence-electron chi connectivity index (χ1n) is 29.3. The number of phenolic OH excluding ortho intramolecular Hbond substituents is 1. The summed E-state index contributed by atoms with van der Waals surface area (Å²) in [6.07, 6.45) is 16.9. The fraction of sp³-hybridized carbons (Fsp3) is 0.710. The van der Waals surface area contributed by atoms with Gasteiger partial charge in [-0.1, -0.05) is 108 Å². The van der Waals surface area contributed by atoms with Crippen LogP contribution in [0.25, 0.3) is 0 Å². The van der Waals surface area contributed by atoms with E-state index in [1.165, 1.54) is 90.3 Å². The maximum Gasteiger partial charge on any atom is 0.138 e. The molecule has 12 rings (SSSR count). The SMILES string of the molecule is C.COc1cc(C)c2c(c1)CC1C2(C)CCC2C(C)(C)C(=O)CCC21C.Cc1cc(C)c2c(c1)CC1C2(C)CCC2C(C)(C)C(=O)CCC21C.Cc1cc(O)cc2c1C1(C)CCC3C(C)(C)C(N)CCC3(C)C1C2. The van der Waals surface area contributed by atoms with Gasteiger partial charge in [-0.25, -0.2) is 0 Å². The van der Waals surface area contributed by atoms with E-state index in [0.717, 1.165) is 50.7 Å². The van der Waals surface area contributed by atoms with Crippen molar-refractivity contribution in [1.82, 2.24) is 0 Å². The Kier molecular flexibility index (Phi) is 13.3. The summed E-state index contributed by atoms with van der Waals surface area (Å²) in [5, 5.41) is 10.1. The lowest BCUT2D eigenvalue weighted by molar-refractivity contribution is -0.152. The van der Waals surface area contributed by atoms with Gasteiger partial charge >= 0.3 is 0 Å². The Morgan fingerprint density at radius 2 is 0.878 bits per heavy atom. The Balaban J connectivity index is 0.000000135. The molecule has 3 aromatic rings. The standard InChI is InChI=1S/C23H32O2.C23H32O.C22H33NO.CH4/c1-14-11-16(25-6)12-15-13-18-22(4)10-8-19(24)21(2,3)17(22)7-9-23(18,5)20(14)15;1-14-11-15(2)20-16(12-14)13-18-22(5)10-8-19(24)21(3,4)17(22)7-9-23(18,20)6;1-13-10-15(24)11-14-12-17-21(4)9-7-18(23)20(2,3)16(21)6-8-22(17,5)19(13)14;/h11-12,17-18H,7-10,13H2,1-6H3;11-12,17-18H,7-10,13H2,1-6H3;10-11,16-18,24H,6-9,12,23H2,1-5H3;1H4. The van der Waals surface area contributed by atoms with E-state index in [4.69, 9.17) is 10.5 Å². The van der Waals surface area contributed by atoms with Gasteiger partial charge in [0.25, 0.3) is 0 Å². The zero-order chi connectivity index (χ0) is 53.2. The van der Waals surface area contributed by atoms with E-state index < -0.39 is 0 Å². The van der Waals surface area contributed by atoms with Gasteiger partial charge in [-0.3, -0.25) is 9.59 Å². The van der Waals surface area contributed by atoms with Crippen LogP contribution < -0.4 is 10.5 Å². The number of aryl methyl sites for hydroxylation is 4. The molecular weight excluding hydrogens is 907 g/mol. The molecule has 13 atom stereocenters. The molecule has 13 unspecified atom stereocenters. The van der Waals surface area contributed by atoms with E-state index in [-0.39, 0.29) is 39.9 Å². The van der Waals surface area contributed by atoms with Crippen LogP contribution in [0.4, 0.5) is 0 Å². The molecule has 5 heteroatoms. The number of ketones is 2. The lowest BCUT2D eigenvalue weighted by atomic mass is 9.42. The summed E-state index contributed by atoms with van der Waals surface area (Å²) in [6, 6.07) is 13.6. The molecule has 0 bridgehead atoms. The number of fused-ring (bicyclic) bond motifs is 15. The van der Waals surface area contributed by atoms with Crippen molar-refractivity contribution in [3.63, 3.8) is 0 Å². The topological polar surface area (TPSA) is 89.6 Å². The molecule has 6 fully saturated rings. The highest BCUT2D eigenvalue weighted by molar-refractivity contribution is 5.86. The summed E-state index contributed by atoms with van der Waals surface area (Å²) >= 11 is 0. The Hall–Kier alpha value is -3.44. The summed E-state index contributed by atoms with van der Waals surface area (Å²) < 4.78 is 5.54. The van der Waals surface area contributed by atoms with Crippen molar-refractivity contribution in [2.24, 2.45) is 73.7 Å². The van der Waals surface area contributed by atoms with Crippen LogP contribution in [0.5, 0.6) is 11.5 Å². The van der Waals surface area contributed by atoms with Crippen molar-refractivity contribution in [1.29, 1.82) is 0 Å². The van der Waals surface area contributed by atoms with Crippen LogP contribution in [0.1, 0.15) is 223 Å². The number of nitrogens with two attached hydrogens (primary N) is 1. The third kappa shape index (κ3) is 7.63. The molecule has 0 aliphatic heterocycles. The van der Waals surface area contributed by atoms with Crippen LogP contribution >= 0.6 is 0 Å². The second-order valence-corrected chi connectivity index (χ2v) is 30.0. The minimum atomic E-state index is -0.171. The highest BCUT2D eigenvalue weighted by atomic mass is 16.5. The number of aromatic hydroxyl groups is 1. The van der Waals surface area contributed by atoms with Crippen LogP contribution in [0.15, 0.2) is 36.4 Å². The molecule has 6 saturated carbocycles. The summed E-state index contributed by atoms with van der Waals surface area (Å²) in [5.74, 6) is 6.14. The largest absolute Gasteiger partial charge is 0.508 e. The maximum atomic E-state index is 12.6.